The van der Waals surface area contributed by atoms with E-state index in [4.69, 9.17) is 27.9 Å². The molecule has 0 aliphatic rings. The molecule has 0 spiro atoms. The van der Waals surface area contributed by atoms with Crippen molar-refractivity contribution in [3.8, 4) is 5.75 Å². The van der Waals surface area contributed by atoms with Gasteiger partial charge in [0.15, 0.2) is 0 Å². The van der Waals surface area contributed by atoms with Crippen LogP contribution in [0.2, 0.25) is 10.0 Å². The minimum absolute atomic E-state index is 0.217. The molecule has 0 aliphatic carbocycles. The van der Waals surface area contributed by atoms with Crippen molar-refractivity contribution >= 4 is 55.1 Å². The van der Waals surface area contributed by atoms with Crippen LogP contribution >= 0.6 is 55.1 Å². The molecule has 0 aromatic heterocycles. The molecule has 0 radical (unpaired) electrons. The van der Waals surface area contributed by atoms with Crippen molar-refractivity contribution in [1.82, 2.24) is 0 Å². The Bertz CT molecular complexity index is 629. The van der Waals surface area contributed by atoms with Crippen LogP contribution in [0.1, 0.15) is 16.0 Å². The molecular weight excluding hydrogens is 434 g/mol. The van der Waals surface area contributed by atoms with Gasteiger partial charge in [0.05, 0.1) is 16.4 Å². The molecule has 2 aromatic carbocycles. The van der Waals surface area contributed by atoms with Gasteiger partial charge in [0.25, 0.3) is 0 Å². The molecule has 1 nitrogen and oxygen atoms in total. The SMILES string of the molecule is COc1cc(F)c(Br)cc1C(Br)c1cc(Cl)cc(Cl)c1. The summed E-state index contributed by atoms with van der Waals surface area (Å²) in [5.41, 5.74) is 1.64. The number of halogens is 5. The maximum absolute atomic E-state index is 13.6. The molecule has 0 heterocycles. The molecule has 0 fully saturated rings. The van der Waals surface area contributed by atoms with Gasteiger partial charge in [-0.15, -0.1) is 0 Å². The summed E-state index contributed by atoms with van der Waals surface area (Å²) in [6, 6.07) is 8.25. The molecule has 0 N–H and O–H groups in total. The number of ether oxygens (including phenoxy) is 1. The fraction of sp³-hybridized carbons (Fsp3) is 0.143. The summed E-state index contributed by atoms with van der Waals surface area (Å²) in [5, 5.41) is 1.08. The Morgan fingerprint density at radius 3 is 2.25 bits per heavy atom. The summed E-state index contributed by atoms with van der Waals surface area (Å²) >= 11 is 18.8. The first kappa shape index (κ1) is 16.1. The first-order valence-corrected chi connectivity index (χ1v) is 8.02. The number of rotatable bonds is 3. The van der Waals surface area contributed by atoms with E-state index in [9.17, 15) is 4.39 Å². The van der Waals surface area contributed by atoms with Gasteiger partial charge in [-0.2, -0.15) is 0 Å². The number of methoxy groups -OCH3 is 1. The van der Waals surface area contributed by atoms with Crippen molar-refractivity contribution < 1.29 is 9.13 Å². The van der Waals surface area contributed by atoms with Crippen molar-refractivity contribution in [3.05, 3.63) is 61.8 Å². The van der Waals surface area contributed by atoms with Crippen LogP contribution in [0.15, 0.2) is 34.8 Å². The van der Waals surface area contributed by atoms with Crippen molar-refractivity contribution in [2.75, 3.05) is 7.11 Å². The Morgan fingerprint density at radius 2 is 1.70 bits per heavy atom. The summed E-state index contributed by atoms with van der Waals surface area (Å²) in [6.07, 6.45) is 0. The van der Waals surface area contributed by atoms with Crippen molar-refractivity contribution in [2.45, 2.75) is 4.83 Å². The molecule has 20 heavy (non-hydrogen) atoms. The lowest BCUT2D eigenvalue weighted by Crippen LogP contribution is -1.99. The Balaban J connectivity index is 2.52. The second kappa shape index (κ2) is 6.65. The zero-order valence-electron chi connectivity index (χ0n) is 10.3. The lowest BCUT2D eigenvalue weighted by Gasteiger charge is -2.16. The van der Waals surface area contributed by atoms with E-state index in [1.165, 1.54) is 13.2 Å². The van der Waals surface area contributed by atoms with Gasteiger partial charge < -0.3 is 4.74 Å². The summed E-state index contributed by atoms with van der Waals surface area (Å²) in [6.45, 7) is 0. The highest BCUT2D eigenvalue weighted by molar-refractivity contribution is 9.10. The monoisotopic (exact) mass is 440 g/mol. The van der Waals surface area contributed by atoms with E-state index in [1.54, 1.807) is 24.3 Å². The second-order valence-corrected chi connectivity index (χ2v) is 6.72. The fourth-order valence-corrected chi connectivity index (χ4v) is 3.35. The Labute approximate surface area is 143 Å². The zero-order valence-corrected chi connectivity index (χ0v) is 14.9. The van der Waals surface area contributed by atoms with Crippen molar-refractivity contribution in [3.63, 3.8) is 0 Å². The van der Waals surface area contributed by atoms with Crippen LogP contribution in [0.25, 0.3) is 0 Å². The summed E-state index contributed by atoms with van der Waals surface area (Å²) in [7, 11) is 1.50. The van der Waals surface area contributed by atoms with Crippen LogP contribution < -0.4 is 4.74 Å². The standard InChI is InChI=1S/C14H9Br2Cl2FO/c1-20-13-6-12(19)11(15)5-10(13)14(16)7-2-8(17)4-9(18)3-7/h2-6,14H,1H3. The third-order valence-electron chi connectivity index (χ3n) is 2.72. The fourth-order valence-electron chi connectivity index (χ4n) is 1.82. The number of hydrogen-bond donors (Lipinski definition) is 0. The van der Waals surface area contributed by atoms with Crippen molar-refractivity contribution in [1.29, 1.82) is 0 Å². The summed E-state index contributed by atoms with van der Waals surface area (Å²) in [4.78, 5) is -0.217. The first-order valence-electron chi connectivity index (χ1n) is 5.55. The van der Waals surface area contributed by atoms with Gasteiger partial charge >= 0.3 is 0 Å². The van der Waals surface area contributed by atoms with Crippen LogP contribution in [0.4, 0.5) is 4.39 Å². The molecule has 0 saturated heterocycles. The van der Waals surface area contributed by atoms with E-state index in [1.807, 2.05) is 0 Å². The van der Waals surface area contributed by atoms with Crippen LogP contribution in [0.3, 0.4) is 0 Å². The van der Waals surface area contributed by atoms with E-state index in [0.717, 1.165) is 11.1 Å². The highest BCUT2D eigenvalue weighted by Gasteiger charge is 2.18. The average molecular weight is 443 g/mol. The molecule has 0 saturated carbocycles. The first-order chi connectivity index (χ1) is 9.42. The number of hydrogen-bond acceptors (Lipinski definition) is 1. The lowest BCUT2D eigenvalue weighted by atomic mass is 10.0. The van der Waals surface area contributed by atoms with Gasteiger partial charge in [0, 0.05) is 21.7 Å². The quantitative estimate of drug-likeness (QED) is 0.500. The minimum Gasteiger partial charge on any atom is -0.496 e. The topological polar surface area (TPSA) is 9.23 Å². The zero-order chi connectivity index (χ0) is 14.9. The molecular formula is C14H9Br2Cl2FO. The van der Waals surface area contributed by atoms with E-state index in [-0.39, 0.29) is 10.6 Å². The molecule has 0 bridgehead atoms. The molecule has 106 valence electrons. The second-order valence-electron chi connectivity index (χ2n) is 4.07. The molecule has 0 amide bonds. The Hall–Kier alpha value is -0.290. The number of benzene rings is 2. The summed E-state index contributed by atoms with van der Waals surface area (Å²) in [5.74, 6) is 0.0677. The predicted molar refractivity (Wildman–Crippen MR) is 87.9 cm³/mol. The smallest absolute Gasteiger partial charge is 0.141 e. The number of alkyl halides is 1. The van der Waals surface area contributed by atoms with Crippen LogP contribution in [0, 0.1) is 5.82 Å². The largest absolute Gasteiger partial charge is 0.496 e. The van der Waals surface area contributed by atoms with E-state index >= 15 is 0 Å². The molecule has 1 atom stereocenters. The van der Waals surface area contributed by atoms with Gasteiger partial charge in [0.2, 0.25) is 0 Å². The lowest BCUT2D eigenvalue weighted by molar-refractivity contribution is 0.406. The Morgan fingerprint density at radius 1 is 1.10 bits per heavy atom. The van der Waals surface area contributed by atoms with Crippen LogP contribution in [0.5, 0.6) is 5.75 Å². The third-order valence-corrected chi connectivity index (χ3v) is 4.79. The van der Waals surface area contributed by atoms with Gasteiger partial charge in [-0.1, -0.05) is 39.1 Å². The van der Waals surface area contributed by atoms with E-state index in [0.29, 0.717) is 20.3 Å². The van der Waals surface area contributed by atoms with Gasteiger partial charge in [-0.3, -0.25) is 0 Å². The Kier molecular flexibility index (Phi) is 5.35. The minimum atomic E-state index is -0.380. The van der Waals surface area contributed by atoms with E-state index in [2.05, 4.69) is 31.9 Å². The van der Waals surface area contributed by atoms with Crippen LogP contribution in [-0.4, -0.2) is 7.11 Å². The van der Waals surface area contributed by atoms with Crippen molar-refractivity contribution in [2.24, 2.45) is 0 Å². The summed E-state index contributed by atoms with van der Waals surface area (Å²) < 4.78 is 19.1. The van der Waals surface area contributed by atoms with E-state index < -0.39 is 0 Å². The highest BCUT2D eigenvalue weighted by atomic mass is 79.9. The predicted octanol–water partition coefficient (Wildman–Crippen LogP) is 6.39. The average Bonchev–Trinajstić information content (AvgIpc) is 2.39. The van der Waals surface area contributed by atoms with Gasteiger partial charge in [-0.25, -0.2) is 4.39 Å². The molecule has 1 unspecified atom stereocenters. The van der Waals surface area contributed by atoms with Gasteiger partial charge in [-0.05, 0) is 45.8 Å². The van der Waals surface area contributed by atoms with Crippen LogP contribution in [-0.2, 0) is 0 Å². The normalized spacial score (nSPS) is 12.3. The highest BCUT2D eigenvalue weighted by Crippen LogP contribution is 2.40. The van der Waals surface area contributed by atoms with Gasteiger partial charge in [0.1, 0.15) is 11.6 Å². The third kappa shape index (κ3) is 3.48. The molecule has 2 rings (SSSR count). The molecule has 0 aliphatic heterocycles. The maximum atomic E-state index is 13.6. The molecule has 6 heteroatoms. The maximum Gasteiger partial charge on any atom is 0.141 e. The molecule has 2 aromatic rings.